The molecule has 0 amide bonds. The van der Waals surface area contributed by atoms with E-state index in [4.69, 9.17) is 11.6 Å². The molecule has 2 heterocycles. The van der Waals surface area contributed by atoms with E-state index in [1.165, 1.54) is 18.3 Å². The van der Waals surface area contributed by atoms with Gasteiger partial charge in [0.1, 0.15) is 5.15 Å². The molecule has 0 bridgehead atoms. The molecule has 0 saturated carbocycles. The molecule has 1 fully saturated rings. The minimum atomic E-state index is -3.53. The second kappa shape index (κ2) is 5.75. The van der Waals surface area contributed by atoms with Gasteiger partial charge in [-0.1, -0.05) is 18.5 Å². The van der Waals surface area contributed by atoms with E-state index < -0.39 is 10.0 Å². The first kappa shape index (κ1) is 14.7. The smallest absolute Gasteiger partial charge is 0.240 e. The number of aromatic nitrogens is 1. The Morgan fingerprint density at radius 3 is 2.89 bits per heavy atom. The summed E-state index contributed by atoms with van der Waals surface area (Å²) in [6.45, 7) is 3.85. The van der Waals surface area contributed by atoms with Crippen LogP contribution in [0.1, 0.15) is 13.3 Å². The summed E-state index contributed by atoms with van der Waals surface area (Å²) >= 11 is 5.73. The highest BCUT2D eigenvalue weighted by molar-refractivity contribution is 7.89. The highest BCUT2D eigenvalue weighted by Crippen LogP contribution is 2.19. The lowest BCUT2D eigenvalue weighted by Crippen LogP contribution is -2.48. The fourth-order valence-electron chi connectivity index (χ4n) is 2.35. The molecule has 1 aromatic rings. The number of rotatable bonds is 3. The van der Waals surface area contributed by atoms with Crippen molar-refractivity contribution < 1.29 is 8.42 Å². The van der Waals surface area contributed by atoms with E-state index in [-0.39, 0.29) is 22.0 Å². The molecule has 19 heavy (non-hydrogen) atoms. The molecule has 2 atom stereocenters. The molecule has 0 aromatic carbocycles. The van der Waals surface area contributed by atoms with Gasteiger partial charge in [-0.3, -0.25) is 0 Å². The normalized spacial score (nSPS) is 25.4. The lowest BCUT2D eigenvalue weighted by Gasteiger charge is -2.34. The van der Waals surface area contributed by atoms with Crippen LogP contribution in [0.15, 0.2) is 23.2 Å². The Morgan fingerprint density at radius 2 is 2.26 bits per heavy atom. The lowest BCUT2D eigenvalue weighted by molar-refractivity contribution is 0.188. The number of halogens is 1. The molecule has 0 aliphatic carbocycles. The van der Waals surface area contributed by atoms with E-state index in [0.717, 1.165) is 19.5 Å². The van der Waals surface area contributed by atoms with Crippen LogP contribution in [0.2, 0.25) is 5.15 Å². The lowest BCUT2D eigenvalue weighted by atomic mass is 9.95. The number of piperidine rings is 1. The van der Waals surface area contributed by atoms with Crippen LogP contribution in [-0.2, 0) is 10.0 Å². The summed E-state index contributed by atoms with van der Waals surface area (Å²) in [4.78, 5) is 6.16. The zero-order valence-corrected chi connectivity index (χ0v) is 12.6. The number of nitrogens with one attached hydrogen (secondary N) is 1. The van der Waals surface area contributed by atoms with E-state index in [9.17, 15) is 8.42 Å². The van der Waals surface area contributed by atoms with Crippen molar-refractivity contribution in [1.29, 1.82) is 0 Å². The second-order valence-electron chi connectivity index (χ2n) is 5.07. The maximum absolute atomic E-state index is 12.3. The zero-order chi connectivity index (χ0) is 14.0. The van der Waals surface area contributed by atoms with Gasteiger partial charge in [0.05, 0.1) is 4.90 Å². The number of nitrogens with zero attached hydrogens (tertiary/aromatic N) is 2. The molecule has 1 aromatic heterocycles. The summed E-state index contributed by atoms with van der Waals surface area (Å²) < 4.78 is 27.3. The third-order valence-electron chi connectivity index (χ3n) is 3.42. The molecule has 106 valence electrons. The quantitative estimate of drug-likeness (QED) is 0.856. The highest BCUT2D eigenvalue weighted by Gasteiger charge is 2.28. The number of sulfonamides is 1. The SMILES string of the molecule is CC1CN(C)CCC1NS(=O)(=O)c1ccnc(Cl)c1. The van der Waals surface area contributed by atoms with Crippen molar-refractivity contribution in [3.63, 3.8) is 0 Å². The highest BCUT2D eigenvalue weighted by atomic mass is 35.5. The van der Waals surface area contributed by atoms with Gasteiger partial charge in [0.25, 0.3) is 0 Å². The van der Waals surface area contributed by atoms with Gasteiger partial charge in [-0.15, -0.1) is 0 Å². The summed E-state index contributed by atoms with van der Waals surface area (Å²) in [6.07, 6.45) is 2.21. The molecule has 1 N–H and O–H groups in total. The summed E-state index contributed by atoms with van der Waals surface area (Å²) in [7, 11) is -1.48. The summed E-state index contributed by atoms with van der Waals surface area (Å²) in [6, 6.07) is 2.78. The second-order valence-corrected chi connectivity index (χ2v) is 7.17. The Balaban J connectivity index is 2.13. The van der Waals surface area contributed by atoms with Gasteiger partial charge >= 0.3 is 0 Å². The maximum atomic E-state index is 12.3. The number of hydrogen-bond donors (Lipinski definition) is 1. The molecule has 0 spiro atoms. The van der Waals surface area contributed by atoms with Crippen molar-refractivity contribution in [1.82, 2.24) is 14.6 Å². The molecular weight excluding hydrogens is 286 g/mol. The van der Waals surface area contributed by atoms with Crippen LogP contribution in [-0.4, -0.2) is 44.5 Å². The van der Waals surface area contributed by atoms with Gasteiger partial charge in [0.15, 0.2) is 0 Å². The average molecular weight is 304 g/mol. The predicted molar refractivity (Wildman–Crippen MR) is 74.6 cm³/mol. The Labute approximate surface area is 119 Å². The summed E-state index contributed by atoms with van der Waals surface area (Å²) in [5, 5.41) is 0.180. The monoisotopic (exact) mass is 303 g/mol. The molecule has 5 nitrogen and oxygen atoms in total. The van der Waals surface area contributed by atoms with Crippen LogP contribution >= 0.6 is 11.6 Å². The van der Waals surface area contributed by atoms with Crippen LogP contribution in [0.25, 0.3) is 0 Å². The standard InChI is InChI=1S/C12H18ClN3O2S/c1-9-8-16(2)6-4-11(9)15-19(17,18)10-3-5-14-12(13)7-10/h3,5,7,9,11,15H,4,6,8H2,1-2H3. The van der Waals surface area contributed by atoms with Gasteiger partial charge in [0, 0.05) is 18.8 Å². The zero-order valence-electron chi connectivity index (χ0n) is 11.0. The molecule has 0 radical (unpaired) electrons. The molecule has 7 heteroatoms. The first-order chi connectivity index (χ1) is 8.88. The molecule has 2 rings (SSSR count). The fourth-order valence-corrected chi connectivity index (χ4v) is 3.98. The topological polar surface area (TPSA) is 62.3 Å². The number of hydrogen-bond acceptors (Lipinski definition) is 4. The fraction of sp³-hybridized carbons (Fsp3) is 0.583. The van der Waals surface area contributed by atoms with Crippen molar-refractivity contribution in [3.05, 3.63) is 23.5 Å². The third-order valence-corrected chi connectivity index (χ3v) is 5.12. The van der Waals surface area contributed by atoms with Crippen LogP contribution in [0.3, 0.4) is 0 Å². The first-order valence-electron chi connectivity index (χ1n) is 6.21. The van der Waals surface area contributed by atoms with Crippen molar-refractivity contribution in [2.45, 2.75) is 24.3 Å². The maximum Gasteiger partial charge on any atom is 0.240 e. The van der Waals surface area contributed by atoms with Gasteiger partial charge in [-0.2, -0.15) is 0 Å². The Hall–Kier alpha value is -0.690. The Bertz CT molecular complexity index is 550. The Kier molecular flexibility index (Phi) is 4.45. The number of likely N-dealkylation sites (tertiary alicyclic amines) is 1. The van der Waals surface area contributed by atoms with E-state index in [1.54, 1.807) is 0 Å². The summed E-state index contributed by atoms with van der Waals surface area (Å²) in [5.74, 6) is 0.283. The minimum Gasteiger partial charge on any atom is -0.306 e. The van der Waals surface area contributed by atoms with Crippen molar-refractivity contribution in [2.75, 3.05) is 20.1 Å². The van der Waals surface area contributed by atoms with E-state index >= 15 is 0 Å². The van der Waals surface area contributed by atoms with Crippen LogP contribution in [0.5, 0.6) is 0 Å². The molecular formula is C12H18ClN3O2S. The Morgan fingerprint density at radius 1 is 1.53 bits per heavy atom. The van der Waals surface area contributed by atoms with Crippen molar-refractivity contribution in [3.8, 4) is 0 Å². The van der Waals surface area contributed by atoms with Crippen LogP contribution < -0.4 is 4.72 Å². The van der Waals surface area contributed by atoms with E-state index in [2.05, 4.69) is 21.5 Å². The summed E-state index contributed by atoms with van der Waals surface area (Å²) in [5.41, 5.74) is 0. The number of pyridine rings is 1. The van der Waals surface area contributed by atoms with Crippen LogP contribution in [0.4, 0.5) is 0 Å². The largest absolute Gasteiger partial charge is 0.306 e. The molecule has 1 aliphatic heterocycles. The predicted octanol–water partition coefficient (Wildman–Crippen LogP) is 1.35. The first-order valence-corrected chi connectivity index (χ1v) is 8.07. The average Bonchev–Trinajstić information content (AvgIpc) is 2.33. The van der Waals surface area contributed by atoms with Crippen LogP contribution in [0, 0.1) is 5.92 Å². The van der Waals surface area contributed by atoms with E-state index in [0.29, 0.717) is 0 Å². The molecule has 1 saturated heterocycles. The molecule has 2 unspecified atom stereocenters. The third kappa shape index (κ3) is 3.66. The van der Waals surface area contributed by atoms with Crippen molar-refractivity contribution >= 4 is 21.6 Å². The van der Waals surface area contributed by atoms with Crippen molar-refractivity contribution in [2.24, 2.45) is 5.92 Å². The van der Waals surface area contributed by atoms with Gasteiger partial charge in [-0.25, -0.2) is 18.1 Å². The van der Waals surface area contributed by atoms with Gasteiger partial charge < -0.3 is 4.90 Å². The minimum absolute atomic E-state index is 0.0341. The van der Waals surface area contributed by atoms with E-state index in [1.807, 2.05) is 7.05 Å². The van der Waals surface area contributed by atoms with Gasteiger partial charge in [-0.05, 0) is 38.1 Å². The van der Waals surface area contributed by atoms with Gasteiger partial charge in [0.2, 0.25) is 10.0 Å². The molecule has 1 aliphatic rings.